The molecule has 0 bridgehead atoms. The molecule has 2 aliphatic rings. The molecule has 0 aliphatic carbocycles. The SMILES string of the molecule is ISN1CCOC(c2cnn3c2CCC3)C1. The topological polar surface area (TPSA) is 30.3 Å². The first-order valence-corrected chi connectivity index (χ1v) is 8.90. The Bertz CT molecular complexity index is 384. The second-order valence-corrected chi connectivity index (χ2v) is 6.03. The highest BCUT2D eigenvalue weighted by molar-refractivity contribution is 14.2. The summed E-state index contributed by atoms with van der Waals surface area (Å²) in [5.41, 5.74) is 2.71. The summed E-state index contributed by atoms with van der Waals surface area (Å²) in [6, 6.07) is 0. The molecule has 0 saturated carbocycles. The van der Waals surface area contributed by atoms with Crippen LogP contribution in [-0.2, 0) is 17.7 Å². The fourth-order valence-corrected chi connectivity index (χ4v) is 3.84. The zero-order valence-corrected chi connectivity index (χ0v) is 11.9. The van der Waals surface area contributed by atoms with E-state index in [1.807, 2.05) is 6.20 Å². The zero-order chi connectivity index (χ0) is 11.0. The lowest BCUT2D eigenvalue weighted by molar-refractivity contribution is 0.000665. The maximum Gasteiger partial charge on any atom is 0.0995 e. The third kappa shape index (κ3) is 2.00. The second kappa shape index (κ2) is 4.83. The van der Waals surface area contributed by atoms with Crippen LogP contribution >= 0.6 is 30.3 Å². The van der Waals surface area contributed by atoms with Crippen molar-refractivity contribution in [2.75, 3.05) is 19.7 Å². The Morgan fingerprint density at radius 1 is 1.50 bits per heavy atom. The lowest BCUT2D eigenvalue weighted by atomic mass is 10.1. The number of hydrogen-bond donors (Lipinski definition) is 0. The van der Waals surface area contributed by atoms with Gasteiger partial charge in [-0.15, -0.1) is 0 Å². The normalized spacial score (nSPS) is 25.9. The van der Waals surface area contributed by atoms with Gasteiger partial charge in [-0.2, -0.15) is 5.10 Å². The van der Waals surface area contributed by atoms with E-state index in [-0.39, 0.29) is 6.10 Å². The Labute approximate surface area is 111 Å². The molecule has 1 atom stereocenters. The van der Waals surface area contributed by atoms with Crippen molar-refractivity contribution in [2.24, 2.45) is 0 Å². The van der Waals surface area contributed by atoms with Gasteiger partial charge in [0.05, 0.1) is 18.9 Å². The van der Waals surface area contributed by atoms with Crippen molar-refractivity contribution in [1.29, 1.82) is 0 Å². The number of aromatic nitrogens is 2. The van der Waals surface area contributed by atoms with E-state index in [1.54, 1.807) is 9.12 Å². The van der Waals surface area contributed by atoms with E-state index in [2.05, 4.69) is 35.3 Å². The summed E-state index contributed by atoms with van der Waals surface area (Å²) < 4.78 is 10.4. The van der Waals surface area contributed by atoms with Crippen LogP contribution in [0.1, 0.15) is 23.8 Å². The average molecular weight is 351 g/mol. The molecule has 16 heavy (non-hydrogen) atoms. The van der Waals surface area contributed by atoms with Gasteiger partial charge in [0.25, 0.3) is 0 Å². The number of ether oxygens (including phenoxy) is 1. The number of hydrogen-bond acceptors (Lipinski definition) is 4. The highest BCUT2D eigenvalue weighted by Crippen LogP contribution is 2.32. The van der Waals surface area contributed by atoms with Gasteiger partial charge in [0.1, 0.15) is 0 Å². The summed E-state index contributed by atoms with van der Waals surface area (Å²) in [6.45, 7) is 3.90. The van der Waals surface area contributed by atoms with Crippen molar-refractivity contribution in [1.82, 2.24) is 14.1 Å². The van der Waals surface area contributed by atoms with Gasteiger partial charge in [-0.1, -0.05) is 0 Å². The van der Waals surface area contributed by atoms with Gasteiger partial charge in [0.2, 0.25) is 0 Å². The molecule has 1 unspecified atom stereocenters. The fourth-order valence-electron chi connectivity index (χ4n) is 2.43. The number of morpholine rings is 1. The quantitative estimate of drug-likeness (QED) is 0.604. The summed E-state index contributed by atoms with van der Waals surface area (Å²) in [5, 5.41) is 4.43. The van der Waals surface area contributed by atoms with Crippen LogP contribution in [0.25, 0.3) is 0 Å². The average Bonchev–Trinajstić information content (AvgIpc) is 2.90. The van der Waals surface area contributed by atoms with Gasteiger partial charge in [-0.3, -0.25) is 4.68 Å². The summed E-state index contributed by atoms with van der Waals surface area (Å²) in [7, 11) is 1.78. The van der Waals surface area contributed by atoms with Gasteiger partial charge in [0.15, 0.2) is 0 Å². The summed E-state index contributed by atoms with van der Waals surface area (Å²) >= 11 is 2.34. The van der Waals surface area contributed by atoms with Crippen LogP contribution < -0.4 is 0 Å². The van der Waals surface area contributed by atoms with E-state index in [9.17, 15) is 0 Å². The molecule has 0 spiro atoms. The molecule has 1 fully saturated rings. The van der Waals surface area contributed by atoms with Gasteiger partial charge in [-0.05, 0) is 22.0 Å². The summed E-state index contributed by atoms with van der Waals surface area (Å²) in [5.74, 6) is 0. The largest absolute Gasteiger partial charge is 0.371 e. The van der Waals surface area contributed by atoms with Crippen LogP contribution in [0.3, 0.4) is 0 Å². The van der Waals surface area contributed by atoms with E-state index < -0.39 is 0 Å². The molecule has 0 N–H and O–H groups in total. The van der Waals surface area contributed by atoms with Crippen LogP contribution in [0.4, 0.5) is 0 Å². The molecule has 0 radical (unpaired) electrons. The standard InChI is InChI=1S/C10H14IN3OS/c11-16-13-4-5-15-10(7-13)8-6-12-14-3-1-2-9(8)14/h6,10H,1-5,7H2. The van der Waals surface area contributed by atoms with Crippen LogP contribution in [0.15, 0.2) is 6.20 Å². The number of halogens is 1. The Morgan fingerprint density at radius 2 is 2.44 bits per heavy atom. The lowest BCUT2D eigenvalue weighted by Gasteiger charge is -2.30. The Morgan fingerprint density at radius 3 is 3.31 bits per heavy atom. The van der Waals surface area contributed by atoms with Crippen molar-refractivity contribution in [3.63, 3.8) is 0 Å². The van der Waals surface area contributed by atoms with Crippen LogP contribution in [0.2, 0.25) is 0 Å². The molecular weight excluding hydrogens is 337 g/mol. The molecule has 1 saturated heterocycles. The molecule has 4 nitrogen and oxygen atoms in total. The Hall–Kier alpha value is 0.210. The van der Waals surface area contributed by atoms with Crippen LogP contribution in [0, 0.1) is 0 Å². The van der Waals surface area contributed by atoms with Crippen molar-refractivity contribution >= 4 is 30.3 Å². The van der Waals surface area contributed by atoms with E-state index in [4.69, 9.17) is 4.74 Å². The number of fused-ring (bicyclic) bond motifs is 1. The van der Waals surface area contributed by atoms with Gasteiger partial charge in [0, 0.05) is 52.1 Å². The molecule has 0 amide bonds. The highest BCUT2D eigenvalue weighted by atomic mass is 127. The van der Waals surface area contributed by atoms with Gasteiger partial charge < -0.3 is 4.74 Å². The predicted molar refractivity (Wildman–Crippen MR) is 72.4 cm³/mol. The third-order valence-corrected chi connectivity index (χ3v) is 5.44. The van der Waals surface area contributed by atoms with Crippen LogP contribution in [0.5, 0.6) is 0 Å². The number of nitrogens with zero attached hydrogens (tertiary/aromatic N) is 3. The van der Waals surface area contributed by atoms with E-state index in [0.29, 0.717) is 0 Å². The first kappa shape index (κ1) is 11.3. The minimum atomic E-state index is 0.220. The van der Waals surface area contributed by atoms with Crippen molar-refractivity contribution in [2.45, 2.75) is 25.5 Å². The van der Waals surface area contributed by atoms with Crippen molar-refractivity contribution in [3.8, 4) is 0 Å². The molecule has 2 aliphatic heterocycles. The van der Waals surface area contributed by atoms with E-state index in [0.717, 1.165) is 32.7 Å². The lowest BCUT2D eigenvalue weighted by Crippen LogP contribution is -2.33. The molecule has 3 heterocycles. The highest BCUT2D eigenvalue weighted by Gasteiger charge is 2.27. The molecule has 0 aromatic carbocycles. The third-order valence-electron chi connectivity index (χ3n) is 3.24. The molecule has 3 rings (SSSR count). The smallest absolute Gasteiger partial charge is 0.0995 e. The number of aryl methyl sites for hydroxylation is 1. The minimum absolute atomic E-state index is 0.220. The predicted octanol–water partition coefficient (Wildman–Crippen LogP) is 2.20. The zero-order valence-electron chi connectivity index (χ0n) is 8.93. The molecule has 1 aromatic rings. The molecule has 88 valence electrons. The molecular formula is C10H14IN3OS. The first-order chi connectivity index (χ1) is 7.88. The Balaban J connectivity index is 1.81. The van der Waals surface area contributed by atoms with Gasteiger partial charge >= 0.3 is 0 Å². The maximum absolute atomic E-state index is 5.87. The van der Waals surface area contributed by atoms with Crippen LogP contribution in [-0.4, -0.2) is 33.8 Å². The first-order valence-electron chi connectivity index (χ1n) is 5.58. The second-order valence-electron chi connectivity index (χ2n) is 4.19. The minimum Gasteiger partial charge on any atom is -0.371 e. The van der Waals surface area contributed by atoms with E-state index in [1.165, 1.54) is 17.7 Å². The summed E-state index contributed by atoms with van der Waals surface area (Å²) in [6.07, 6.45) is 4.61. The molecule has 1 aromatic heterocycles. The maximum atomic E-state index is 5.87. The fraction of sp³-hybridized carbons (Fsp3) is 0.700. The van der Waals surface area contributed by atoms with E-state index >= 15 is 0 Å². The van der Waals surface area contributed by atoms with Crippen molar-refractivity contribution in [3.05, 3.63) is 17.5 Å². The summed E-state index contributed by atoms with van der Waals surface area (Å²) in [4.78, 5) is 0. The number of rotatable bonds is 2. The monoisotopic (exact) mass is 351 g/mol. The Kier molecular flexibility index (Phi) is 3.42. The van der Waals surface area contributed by atoms with Crippen molar-refractivity contribution < 1.29 is 4.74 Å². The van der Waals surface area contributed by atoms with Gasteiger partial charge in [-0.25, -0.2) is 4.31 Å². The molecule has 6 heteroatoms.